The Morgan fingerprint density at radius 1 is 0.969 bits per heavy atom. The number of anilines is 1. The van der Waals surface area contributed by atoms with E-state index in [1.165, 1.54) is 22.9 Å². The highest BCUT2D eigenvalue weighted by atomic mass is 35.5. The number of aromatic nitrogens is 3. The Labute approximate surface area is 196 Å². The van der Waals surface area contributed by atoms with Crippen LogP contribution < -0.4 is 5.32 Å². The third kappa shape index (κ3) is 5.21. The van der Waals surface area contributed by atoms with Gasteiger partial charge in [0.25, 0.3) is 0 Å². The summed E-state index contributed by atoms with van der Waals surface area (Å²) in [5, 5.41) is 13.0. The number of amides is 1. The molecule has 0 fully saturated rings. The van der Waals surface area contributed by atoms with E-state index in [9.17, 15) is 4.79 Å². The quantitative estimate of drug-likeness (QED) is 0.333. The van der Waals surface area contributed by atoms with Crippen molar-refractivity contribution in [3.63, 3.8) is 0 Å². The van der Waals surface area contributed by atoms with Gasteiger partial charge in [-0.3, -0.25) is 9.36 Å². The molecule has 0 aliphatic heterocycles. The van der Waals surface area contributed by atoms with Gasteiger partial charge in [-0.15, -0.1) is 10.2 Å². The molecule has 32 heavy (non-hydrogen) atoms. The first-order valence-corrected chi connectivity index (χ1v) is 11.7. The smallest absolute Gasteiger partial charge is 0.234 e. The Morgan fingerprint density at radius 2 is 1.66 bits per heavy atom. The van der Waals surface area contributed by atoms with E-state index in [0.717, 1.165) is 23.4 Å². The van der Waals surface area contributed by atoms with Crippen molar-refractivity contribution in [2.75, 3.05) is 11.1 Å². The Morgan fingerprint density at radius 3 is 2.31 bits per heavy atom. The van der Waals surface area contributed by atoms with Crippen LogP contribution in [0.1, 0.15) is 18.1 Å². The number of carbonyl (C=O) groups excluding carboxylic acids is 1. The molecule has 1 amide bonds. The summed E-state index contributed by atoms with van der Waals surface area (Å²) in [6.45, 7) is 4.15. The fraction of sp³-hybridized carbons (Fsp3) is 0.160. The molecule has 3 aromatic carbocycles. The predicted molar refractivity (Wildman–Crippen MR) is 132 cm³/mol. The summed E-state index contributed by atoms with van der Waals surface area (Å²) in [5.74, 6) is 0.835. The van der Waals surface area contributed by atoms with E-state index < -0.39 is 0 Å². The molecule has 0 saturated carbocycles. The van der Waals surface area contributed by atoms with Crippen molar-refractivity contribution in [2.45, 2.75) is 25.4 Å². The fourth-order valence-electron chi connectivity index (χ4n) is 3.23. The minimum Gasteiger partial charge on any atom is -0.325 e. The van der Waals surface area contributed by atoms with Gasteiger partial charge in [0.05, 0.1) is 5.75 Å². The maximum absolute atomic E-state index is 12.5. The largest absolute Gasteiger partial charge is 0.325 e. The molecule has 0 bridgehead atoms. The molecule has 0 unspecified atom stereocenters. The lowest BCUT2D eigenvalue weighted by atomic mass is 10.1. The van der Waals surface area contributed by atoms with E-state index in [2.05, 4.69) is 22.4 Å². The molecular formula is C25H23ClN4OS. The molecule has 0 radical (unpaired) electrons. The van der Waals surface area contributed by atoms with Gasteiger partial charge in [0, 0.05) is 22.0 Å². The third-order valence-electron chi connectivity index (χ3n) is 5.01. The molecular weight excluding hydrogens is 440 g/mol. The molecule has 1 aromatic heterocycles. The maximum atomic E-state index is 12.5. The van der Waals surface area contributed by atoms with Crippen LogP contribution in [0, 0.1) is 6.92 Å². The number of nitrogens with zero attached hydrogens (tertiary/aromatic N) is 3. The van der Waals surface area contributed by atoms with Gasteiger partial charge in [-0.25, -0.2) is 0 Å². The minimum atomic E-state index is -0.0956. The molecule has 4 rings (SSSR count). The Kier molecular flexibility index (Phi) is 6.93. The summed E-state index contributed by atoms with van der Waals surface area (Å²) < 4.78 is 1.95. The zero-order valence-corrected chi connectivity index (χ0v) is 19.5. The number of halogens is 1. The fourth-order valence-corrected chi connectivity index (χ4v) is 4.10. The summed E-state index contributed by atoms with van der Waals surface area (Å²) in [6.07, 6.45) is 0.966. The SMILES string of the molecule is CCc1ccc(NC(=O)CSc2nnc(-c3ccc(C)cc3)n2-c2ccc(Cl)cc2)cc1. The van der Waals surface area contributed by atoms with Gasteiger partial charge >= 0.3 is 0 Å². The summed E-state index contributed by atoms with van der Waals surface area (Å²) in [4.78, 5) is 12.5. The van der Waals surface area contributed by atoms with E-state index in [4.69, 9.17) is 11.6 Å². The van der Waals surface area contributed by atoms with Gasteiger partial charge in [-0.1, -0.05) is 72.2 Å². The Balaban J connectivity index is 1.56. The van der Waals surface area contributed by atoms with Gasteiger partial charge in [0.15, 0.2) is 11.0 Å². The number of carbonyl (C=O) groups is 1. The summed E-state index contributed by atoms with van der Waals surface area (Å²) in [6, 6.07) is 23.5. The summed E-state index contributed by atoms with van der Waals surface area (Å²) >= 11 is 7.43. The lowest BCUT2D eigenvalue weighted by molar-refractivity contribution is -0.113. The molecule has 0 saturated heterocycles. The Hall–Kier alpha value is -3.09. The standard InChI is InChI=1S/C25H23ClN4OS/c1-3-18-6-12-21(13-7-18)27-23(31)16-32-25-29-28-24(19-8-4-17(2)5-9-19)30(25)22-14-10-20(26)11-15-22/h4-15H,3,16H2,1-2H3,(H,27,31). The van der Waals surface area contributed by atoms with Crippen molar-refractivity contribution in [3.05, 3.63) is 88.9 Å². The lowest BCUT2D eigenvalue weighted by Gasteiger charge is -2.11. The maximum Gasteiger partial charge on any atom is 0.234 e. The van der Waals surface area contributed by atoms with Crippen LogP contribution in [-0.2, 0) is 11.2 Å². The number of rotatable bonds is 7. The van der Waals surface area contributed by atoms with Crippen LogP contribution in [0.15, 0.2) is 78.0 Å². The van der Waals surface area contributed by atoms with Crippen molar-refractivity contribution < 1.29 is 4.79 Å². The van der Waals surface area contributed by atoms with Crippen molar-refractivity contribution in [3.8, 4) is 17.1 Å². The monoisotopic (exact) mass is 462 g/mol. The van der Waals surface area contributed by atoms with Crippen LogP contribution >= 0.6 is 23.4 Å². The van der Waals surface area contributed by atoms with E-state index in [0.29, 0.717) is 16.0 Å². The van der Waals surface area contributed by atoms with Crippen LogP contribution in [0.5, 0.6) is 0 Å². The van der Waals surface area contributed by atoms with Gasteiger partial charge in [0.1, 0.15) is 0 Å². The highest BCUT2D eigenvalue weighted by Gasteiger charge is 2.17. The molecule has 162 valence electrons. The highest BCUT2D eigenvalue weighted by Crippen LogP contribution is 2.29. The topological polar surface area (TPSA) is 59.8 Å². The number of hydrogen-bond donors (Lipinski definition) is 1. The summed E-state index contributed by atoms with van der Waals surface area (Å²) in [7, 11) is 0. The number of benzene rings is 3. The lowest BCUT2D eigenvalue weighted by Crippen LogP contribution is -2.14. The van der Waals surface area contributed by atoms with Gasteiger partial charge < -0.3 is 5.32 Å². The summed E-state index contributed by atoms with van der Waals surface area (Å²) in [5.41, 5.74) is 5.02. The molecule has 7 heteroatoms. The average molecular weight is 463 g/mol. The number of hydrogen-bond acceptors (Lipinski definition) is 4. The second-order valence-corrected chi connectivity index (χ2v) is 8.75. The number of aryl methyl sites for hydroxylation is 2. The van der Waals surface area contributed by atoms with Crippen LogP contribution in [0.25, 0.3) is 17.1 Å². The van der Waals surface area contributed by atoms with Crippen molar-refractivity contribution in [1.82, 2.24) is 14.8 Å². The van der Waals surface area contributed by atoms with Crippen molar-refractivity contribution in [1.29, 1.82) is 0 Å². The molecule has 1 N–H and O–H groups in total. The second kappa shape index (κ2) is 10.0. The molecule has 0 aliphatic carbocycles. The van der Waals surface area contributed by atoms with Crippen molar-refractivity contribution in [2.24, 2.45) is 0 Å². The van der Waals surface area contributed by atoms with E-state index >= 15 is 0 Å². The molecule has 0 spiro atoms. The second-order valence-electron chi connectivity index (χ2n) is 7.37. The van der Waals surface area contributed by atoms with Crippen LogP contribution in [0.4, 0.5) is 5.69 Å². The third-order valence-corrected chi connectivity index (χ3v) is 6.19. The molecule has 4 aromatic rings. The van der Waals surface area contributed by atoms with Crippen LogP contribution in [-0.4, -0.2) is 26.4 Å². The van der Waals surface area contributed by atoms with Gasteiger partial charge in [0.2, 0.25) is 5.91 Å². The zero-order valence-electron chi connectivity index (χ0n) is 17.9. The van der Waals surface area contributed by atoms with Gasteiger partial charge in [-0.05, 0) is 55.3 Å². The first-order valence-electron chi connectivity index (χ1n) is 10.3. The van der Waals surface area contributed by atoms with Crippen molar-refractivity contribution >= 4 is 35.0 Å². The van der Waals surface area contributed by atoms with E-state index in [-0.39, 0.29) is 11.7 Å². The molecule has 0 aliphatic rings. The van der Waals surface area contributed by atoms with E-state index in [1.807, 2.05) is 84.3 Å². The first kappa shape index (κ1) is 22.1. The average Bonchev–Trinajstić information content (AvgIpc) is 3.23. The Bertz CT molecular complexity index is 1200. The molecule has 1 heterocycles. The van der Waals surface area contributed by atoms with Crippen LogP contribution in [0.2, 0.25) is 5.02 Å². The predicted octanol–water partition coefficient (Wildman–Crippen LogP) is 6.19. The van der Waals surface area contributed by atoms with E-state index in [1.54, 1.807) is 0 Å². The highest BCUT2D eigenvalue weighted by molar-refractivity contribution is 7.99. The molecule has 0 atom stereocenters. The van der Waals surface area contributed by atoms with Gasteiger partial charge in [-0.2, -0.15) is 0 Å². The molecule has 5 nitrogen and oxygen atoms in total. The normalized spacial score (nSPS) is 10.8. The minimum absolute atomic E-state index is 0.0956. The zero-order chi connectivity index (χ0) is 22.5. The number of thioether (sulfide) groups is 1. The number of nitrogens with one attached hydrogen (secondary N) is 1. The van der Waals surface area contributed by atoms with Crippen LogP contribution in [0.3, 0.4) is 0 Å². The first-order chi connectivity index (χ1) is 15.5.